The summed E-state index contributed by atoms with van der Waals surface area (Å²) in [4.78, 5) is 70.6. The molecule has 51 heavy (non-hydrogen) atoms. The van der Waals surface area contributed by atoms with Gasteiger partial charge in [0.05, 0.1) is 35.0 Å². The third-order valence-corrected chi connectivity index (χ3v) is 11.0. The predicted molar refractivity (Wildman–Crippen MR) is 181 cm³/mol. The predicted octanol–water partition coefficient (Wildman–Crippen LogP) is 4.67. The van der Waals surface area contributed by atoms with E-state index in [2.05, 4.69) is 5.43 Å². The van der Waals surface area contributed by atoms with E-state index in [0.717, 1.165) is 27.6 Å². The SMILES string of the molecule is Cc1ccc(NN2C(=O)C3CC4C(=CCC5C(=O)N(c6ccc(C(=O)O)c(O)c6)C(=O)C54)C(c4ccc(CO)o4)C3(c3ccccc3)C2=O)cc1. The number of rotatable bonds is 7. The second kappa shape index (κ2) is 11.8. The topological polar surface area (TPSA) is 178 Å². The number of benzene rings is 3. The molecule has 4 aromatic rings. The Bertz CT molecular complexity index is 2160. The molecule has 8 rings (SSSR count). The Labute approximate surface area is 291 Å². The number of hydrogen-bond donors (Lipinski definition) is 4. The molecule has 3 heterocycles. The largest absolute Gasteiger partial charge is 0.507 e. The van der Waals surface area contributed by atoms with Gasteiger partial charge < -0.3 is 19.7 Å². The van der Waals surface area contributed by atoms with E-state index in [4.69, 9.17) is 4.42 Å². The van der Waals surface area contributed by atoms with Gasteiger partial charge in [-0.15, -0.1) is 0 Å². The Kier molecular flexibility index (Phi) is 7.46. The van der Waals surface area contributed by atoms with Crippen LogP contribution in [0.15, 0.2) is 101 Å². The molecule has 6 unspecified atom stereocenters. The van der Waals surface area contributed by atoms with Gasteiger partial charge >= 0.3 is 5.97 Å². The molecule has 6 atom stereocenters. The Balaban J connectivity index is 1.28. The first-order chi connectivity index (χ1) is 24.6. The molecule has 0 spiro atoms. The zero-order valence-electron chi connectivity index (χ0n) is 27.4. The van der Waals surface area contributed by atoms with Crippen molar-refractivity contribution in [3.63, 3.8) is 0 Å². The van der Waals surface area contributed by atoms with Crippen molar-refractivity contribution < 1.29 is 43.7 Å². The van der Waals surface area contributed by atoms with Crippen molar-refractivity contribution in [2.45, 2.75) is 37.7 Å². The fraction of sp³-hybridized carbons (Fsp3) is 0.256. The van der Waals surface area contributed by atoms with Crippen LogP contribution in [-0.2, 0) is 31.2 Å². The van der Waals surface area contributed by atoms with Gasteiger partial charge in [-0.2, -0.15) is 5.01 Å². The van der Waals surface area contributed by atoms with E-state index >= 15 is 4.79 Å². The maximum Gasteiger partial charge on any atom is 0.339 e. The first kappa shape index (κ1) is 32.2. The van der Waals surface area contributed by atoms with Gasteiger partial charge in [0.2, 0.25) is 11.8 Å². The maximum atomic E-state index is 15.1. The minimum absolute atomic E-state index is 0.0358. The Morgan fingerprint density at radius 1 is 0.922 bits per heavy atom. The van der Waals surface area contributed by atoms with Crippen LogP contribution in [0.2, 0.25) is 0 Å². The average molecular weight is 688 g/mol. The number of aromatic hydroxyl groups is 1. The molecule has 4 aliphatic rings. The summed E-state index contributed by atoms with van der Waals surface area (Å²) in [5.74, 6) is -7.64. The van der Waals surface area contributed by atoms with Gasteiger partial charge in [-0.25, -0.2) is 9.69 Å². The highest BCUT2D eigenvalue weighted by atomic mass is 16.4. The summed E-state index contributed by atoms with van der Waals surface area (Å²) in [7, 11) is 0. The molecule has 12 nitrogen and oxygen atoms in total. The summed E-state index contributed by atoms with van der Waals surface area (Å²) < 4.78 is 6.19. The van der Waals surface area contributed by atoms with E-state index < -0.39 is 77.0 Å². The molecule has 3 fully saturated rings. The molecule has 4 amide bonds. The van der Waals surface area contributed by atoms with Crippen LogP contribution in [0.25, 0.3) is 0 Å². The summed E-state index contributed by atoms with van der Waals surface area (Å²) in [5.41, 5.74) is 3.98. The monoisotopic (exact) mass is 687 g/mol. The van der Waals surface area contributed by atoms with Crippen molar-refractivity contribution in [3.05, 3.63) is 125 Å². The van der Waals surface area contributed by atoms with E-state index in [0.29, 0.717) is 22.6 Å². The van der Waals surface area contributed by atoms with Crippen LogP contribution in [0.5, 0.6) is 5.75 Å². The third kappa shape index (κ3) is 4.66. The second-order valence-electron chi connectivity index (χ2n) is 13.6. The highest BCUT2D eigenvalue weighted by Crippen LogP contribution is 2.64. The number of aliphatic hydroxyl groups is 1. The number of carbonyl (C=O) groups excluding carboxylic acids is 4. The molecule has 2 aliphatic carbocycles. The summed E-state index contributed by atoms with van der Waals surface area (Å²) in [6, 6.07) is 23.1. The van der Waals surface area contributed by atoms with Gasteiger partial charge in [-0.1, -0.05) is 59.7 Å². The lowest BCUT2D eigenvalue weighted by Crippen LogP contribution is -2.53. The fourth-order valence-corrected chi connectivity index (χ4v) is 8.78. The number of imide groups is 2. The van der Waals surface area contributed by atoms with Gasteiger partial charge in [0, 0.05) is 6.07 Å². The van der Waals surface area contributed by atoms with Gasteiger partial charge in [0.15, 0.2) is 0 Å². The molecule has 0 bridgehead atoms. The molecule has 3 aromatic carbocycles. The van der Waals surface area contributed by atoms with Crippen LogP contribution in [0.4, 0.5) is 11.4 Å². The standard InChI is InChI=1S/C39H33N3O9/c1-20-7-9-22(10-8-20)40-42-35(46)29-18-28-25(33(31-16-12-24(19-43)51-31)39(29,38(42)50)21-5-3-2-4-6-21)14-15-27-32(28)36(47)41(34(27)45)23-11-13-26(37(48)49)30(44)17-23/h2-14,16-17,27-29,32-33,40,43-44H,15,18-19H2,1H3,(H,48,49). The summed E-state index contributed by atoms with van der Waals surface area (Å²) >= 11 is 0. The number of hydrazine groups is 1. The van der Waals surface area contributed by atoms with E-state index in [1.165, 1.54) is 6.07 Å². The Hall–Kier alpha value is -6.01. The molecule has 258 valence electrons. The van der Waals surface area contributed by atoms with E-state index in [1.807, 2.05) is 43.3 Å². The number of fused-ring (bicyclic) bond motifs is 4. The van der Waals surface area contributed by atoms with Crippen molar-refractivity contribution in [2.24, 2.45) is 23.7 Å². The van der Waals surface area contributed by atoms with Crippen molar-refractivity contribution >= 4 is 41.0 Å². The smallest absolute Gasteiger partial charge is 0.339 e. The van der Waals surface area contributed by atoms with Crippen LogP contribution in [0, 0.1) is 30.6 Å². The van der Waals surface area contributed by atoms with Gasteiger partial charge in [-0.05, 0) is 67.6 Å². The number of hydrogen-bond acceptors (Lipinski definition) is 9. The van der Waals surface area contributed by atoms with Crippen molar-refractivity contribution in [1.82, 2.24) is 5.01 Å². The van der Waals surface area contributed by atoms with Crippen molar-refractivity contribution in [2.75, 3.05) is 10.3 Å². The minimum atomic E-state index is -1.51. The molecule has 2 saturated heterocycles. The number of allylic oxidation sites excluding steroid dienone is 2. The molecule has 1 saturated carbocycles. The molecule has 1 aromatic heterocycles. The summed E-state index contributed by atoms with van der Waals surface area (Å²) in [6.07, 6.45) is 2.11. The molecular formula is C39H33N3O9. The molecule has 0 radical (unpaired) electrons. The molecule has 4 N–H and O–H groups in total. The number of carbonyl (C=O) groups is 5. The maximum absolute atomic E-state index is 15.1. The van der Waals surface area contributed by atoms with Crippen molar-refractivity contribution in [1.29, 1.82) is 0 Å². The third-order valence-electron chi connectivity index (χ3n) is 11.0. The number of carboxylic acid groups (broad SMARTS) is 1. The average Bonchev–Trinajstić information content (AvgIpc) is 3.77. The number of carboxylic acids is 1. The van der Waals surface area contributed by atoms with Gasteiger partial charge in [-0.3, -0.25) is 24.6 Å². The van der Waals surface area contributed by atoms with E-state index in [1.54, 1.807) is 36.4 Å². The van der Waals surface area contributed by atoms with Crippen LogP contribution < -0.4 is 10.3 Å². The normalized spacial score (nSPS) is 26.9. The number of nitrogens with one attached hydrogen (secondary N) is 1. The van der Waals surface area contributed by atoms with E-state index in [-0.39, 0.29) is 29.9 Å². The Morgan fingerprint density at radius 3 is 2.33 bits per heavy atom. The van der Waals surface area contributed by atoms with Gasteiger partial charge in [0.25, 0.3) is 11.8 Å². The number of anilines is 2. The van der Waals surface area contributed by atoms with E-state index in [9.17, 15) is 34.5 Å². The Morgan fingerprint density at radius 2 is 1.67 bits per heavy atom. The lowest BCUT2D eigenvalue weighted by atomic mass is 9.50. The second-order valence-corrected chi connectivity index (χ2v) is 13.6. The highest BCUT2D eigenvalue weighted by Gasteiger charge is 2.71. The molecule has 2 aliphatic heterocycles. The zero-order valence-corrected chi connectivity index (χ0v) is 27.4. The number of aliphatic hydroxyl groups excluding tert-OH is 1. The lowest BCUT2D eigenvalue weighted by Gasteiger charge is -2.49. The van der Waals surface area contributed by atoms with Gasteiger partial charge in [0.1, 0.15) is 34.9 Å². The highest BCUT2D eigenvalue weighted by molar-refractivity contribution is 6.23. The van der Waals surface area contributed by atoms with Crippen LogP contribution >= 0.6 is 0 Å². The molecular weight excluding hydrogens is 654 g/mol. The lowest BCUT2D eigenvalue weighted by molar-refractivity contribution is -0.138. The molecule has 12 heteroatoms. The van der Waals surface area contributed by atoms with Crippen molar-refractivity contribution in [3.8, 4) is 5.75 Å². The van der Waals surface area contributed by atoms with Crippen LogP contribution in [0.1, 0.15) is 51.8 Å². The number of aromatic carboxylic acids is 1. The van der Waals surface area contributed by atoms with Crippen LogP contribution in [-0.4, -0.2) is 49.9 Å². The number of nitrogens with zero attached hydrogens (tertiary/aromatic N) is 2. The quantitative estimate of drug-likeness (QED) is 0.158. The summed E-state index contributed by atoms with van der Waals surface area (Å²) in [6.45, 7) is 1.53. The van der Waals surface area contributed by atoms with Crippen LogP contribution in [0.3, 0.4) is 0 Å². The minimum Gasteiger partial charge on any atom is -0.507 e. The first-order valence-corrected chi connectivity index (χ1v) is 16.7. The number of phenols is 1. The zero-order chi connectivity index (χ0) is 35.8. The fourth-order valence-electron chi connectivity index (χ4n) is 8.78. The first-order valence-electron chi connectivity index (χ1n) is 16.7. The number of furan rings is 1. The summed E-state index contributed by atoms with van der Waals surface area (Å²) in [5, 5.41) is 30.8. The number of amides is 4. The number of aryl methyl sites for hydroxylation is 1.